The lowest BCUT2D eigenvalue weighted by Gasteiger charge is -2.11. The lowest BCUT2D eigenvalue weighted by molar-refractivity contribution is -0.138. The number of carbonyl (C=O) groups is 4. The van der Waals surface area contributed by atoms with Gasteiger partial charge < -0.3 is 15.2 Å². The minimum atomic E-state index is -1.21. The average Bonchev–Trinajstić information content (AvgIpc) is 2.81. The van der Waals surface area contributed by atoms with E-state index in [-0.39, 0.29) is 4.91 Å². The quantitative estimate of drug-likeness (QED) is 0.734. The van der Waals surface area contributed by atoms with Gasteiger partial charge in [0.15, 0.2) is 0 Å². The van der Waals surface area contributed by atoms with Crippen LogP contribution in [0.2, 0.25) is 0 Å². The number of hydrogen-bond donors (Lipinski definition) is 2. The van der Waals surface area contributed by atoms with E-state index in [1.807, 2.05) is 0 Å². The summed E-state index contributed by atoms with van der Waals surface area (Å²) in [5.41, 5.74) is 0.705. The third-order valence-corrected chi connectivity index (χ3v) is 3.93. The first-order valence-electron chi connectivity index (χ1n) is 6.78. The molecular formula is C15H14N2O6S. The molecule has 1 aliphatic rings. The molecule has 1 fully saturated rings. The van der Waals surface area contributed by atoms with Crippen LogP contribution < -0.4 is 10.1 Å². The molecule has 1 saturated heterocycles. The first-order chi connectivity index (χ1) is 11.4. The fraction of sp³-hybridized carbons (Fsp3) is 0.200. The van der Waals surface area contributed by atoms with Crippen molar-refractivity contribution < 1.29 is 29.0 Å². The number of amides is 3. The number of carboxylic acids is 1. The van der Waals surface area contributed by atoms with E-state index in [4.69, 9.17) is 9.84 Å². The minimum Gasteiger partial charge on any atom is -0.497 e. The van der Waals surface area contributed by atoms with E-state index < -0.39 is 36.1 Å². The van der Waals surface area contributed by atoms with Crippen molar-refractivity contribution in [3.05, 3.63) is 34.7 Å². The Hall–Kier alpha value is -2.81. The molecule has 8 nitrogen and oxygen atoms in total. The number of nitrogens with one attached hydrogen (secondary N) is 1. The van der Waals surface area contributed by atoms with E-state index in [1.54, 1.807) is 30.3 Å². The highest BCUT2D eigenvalue weighted by molar-refractivity contribution is 8.18. The van der Waals surface area contributed by atoms with Crippen LogP contribution in [-0.4, -0.2) is 53.2 Å². The first kappa shape index (κ1) is 17.5. The van der Waals surface area contributed by atoms with E-state index in [0.29, 0.717) is 11.3 Å². The molecule has 1 aromatic carbocycles. The second-order valence-corrected chi connectivity index (χ2v) is 5.70. The van der Waals surface area contributed by atoms with Gasteiger partial charge in [-0.3, -0.25) is 24.1 Å². The van der Waals surface area contributed by atoms with Gasteiger partial charge in [-0.2, -0.15) is 0 Å². The van der Waals surface area contributed by atoms with E-state index in [9.17, 15) is 19.2 Å². The standard InChI is InChI=1S/C15H14N2O6S/c1-23-10-4-2-9(3-5-10)6-11-14(21)17(15(22)24-11)8-12(18)16-7-13(19)20/h2-6H,7-8H2,1H3,(H,16,18)(H,19,20)/b11-6-. The van der Waals surface area contributed by atoms with Crippen LogP contribution in [-0.2, 0) is 14.4 Å². The zero-order chi connectivity index (χ0) is 17.7. The molecule has 9 heteroatoms. The maximum Gasteiger partial charge on any atom is 0.322 e. The van der Waals surface area contributed by atoms with Crippen LogP contribution in [0.4, 0.5) is 4.79 Å². The van der Waals surface area contributed by atoms with Gasteiger partial charge in [0.25, 0.3) is 11.1 Å². The Balaban J connectivity index is 2.05. The van der Waals surface area contributed by atoms with Crippen LogP contribution in [0.25, 0.3) is 6.08 Å². The predicted molar refractivity (Wildman–Crippen MR) is 86.3 cm³/mol. The van der Waals surface area contributed by atoms with Crippen molar-refractivity contribution in [2.45, 2.75) is 0 Å². The van der Waals surface area contributed by atoms with Crippen LogP contribution in [0.1, 0.15) is 5.56 Å². The summed E-state index contributed by atoms with van der Waals surface area (Å²) in [7, 11) is 1.54. The number of ether oxygens (including phenoxy) is 1. The monoisotopic (exact) mass is 350 g/mol. The minimum absolute atomic E-state index is 0.191. The first-order valence-corrected chi connectivity index (χ1v) is 7.60. The van der Waals surface area contributed by atoms with Gasteiger partial charge in [-0.25, -0.2) is 0 Å². The van der Waals surface area contributed by atoms with Gasteiger partial charge in [-0.15, -0.1) is 0 Å². The number of imide groups is 1. The summed E-state index contributed by atoms with van der Waals surface area (Å²) in [5, 5.41) is 10.0. The molecule has 0 atom stereocenters. The van der Waals surface area contributed by atoms with Gasteiger partial charge >= 0.3 is 5.97 Å². The smallest absolute Gasteiger partial charge is 0.322 e. The highest BCUT2D eigenvalue weighted by Gasteiger charge is 2.36. The molecule has 0 saturated carbocycles. The maximum absolute atomic E-state index is 12.2. The molecule has 2 N–H and O–H groups in total. The average molecular weight is 350 g/mol. The second-order valence-electron chi connectivity index (χ2n) is 4.71. The summed E-state index contributed by atoms with van der Waals surface area (Å²) in [4.78, 5) is 47.0. The molecule has 0 aromatic heterocycles. The van der Waals surface area contributed by atoms with Crippen molar-refractivity contribution in [2.24, 2.45) is 0 Å². The molecule has 1 aliphatic heterocycles. The highest BCUT2D eigenvalue weighted by atomic mass is 32.2. The molecule has 0 unspecified atom stereocenters. The maximum atomic E-state index is 12.2. The molecule has 0 bridgehead atoms. The number of methoxy groups -OCH3 is 1. The van der Waals surface area contributed by atoms with Crippen molar-refractivity contribution in [3.63, 3.8) is 0 Å². The van der Waals surface area contributed by atoms with Gasteiger partial charge in [0.05, 0.1) is 12.0 Å². The summed E-state index contributed by atoms with van der Waals surface area (Å²) >= 11 is 0.724. The van der Waals surface area contributed by atoms with E-state index in [2.05, 4.69) is 5.32 Å². The molecule has 0 radical (unpaired) electrons. The van der Waals surface area contributed by atoms with Crippen LogP contribution in [0.15, 0.2) is 29.2 Å². The second kappa shape index (κ2) is 7.64. The SMILES string of the molecule is COc1ccc(/C=C2\SC(=O)N(CC(=O)NCC(=O)O)C2=O)cc1. The molecule has 1 heterocycles. The number of aliphatic carboxylic acids is 1. The fourth-order valence-corrected chi connectivity index (χ4v) is 2.70. The van der Waals surface area contributed by atoms with Gasteiger partial charge in [0.1, 0.15) is 18.8 Å². The molecular weight excluding hydrogens is 336 g/mol. The summed E-state index contributed by atoms with van der Waals surface area (Å²) in [6.45, 7) is -1.09. The van der Waals surface area contributed by atoms with Crippen molar-refractivity contribution in [2.75, 3.05) is 20.2 Å². The number of carbonyl (C=O) groups excluding carboxylic acids is 3. The van der Waals surface area contributed by atoms with Crippen molar-refractivity contribution >= 4 is 40.9 Å². The van der Waals surface area contributed by atoms with Crippen LogP contribution in [0.5, 0.6) is 5.75 Å². The molecule has 0 spiro atoms. The van der Waals surface area contributed by atoms with Gasteiger partial charge in [-0.05, 0) is 35.5 Å². The van der Waals surface area contributed by atoms with Crippen molar-refractivity contribution in [1.29, 1.82) is 0 Å². The summed E-state index contributed by atoms with van der Waals surface area (Å²) in [6, 6.07) is 6.89. The largest absolute Gasteiger partial charge is 0.497 e. The fourth-order valence-electron chi connectivity index (χ4n) is 1.86. The highest BCUT2D eigenvalue weighted by Crippen LogP contribution is 2.32. The molecule has 126 valence electrons. The van der Waals surface area contributed by atoms with Crippen LogP contribution in [0, 0.1) is 0 Å². The van der Waals surface area contributed by atoms with Crippen molar-refractivity contribution in [3.8, 4) is 5.75 Å². The van der Waals surface area contributed by atoms with Crippen LogP contribution in [0.3, 0.4) is 0 Å². The zero-order valence-electron chi connectivity index (χ0n) is 12.6. The summed E-state index contributed by atoms with van der Waals surface area (Å²) in [6.07, 6.45) is 1.54. The topological polar surface area (TPSA) is 113 Å². The Morgan fingerprint density at radius 2 is 1.96 bits per heavy atom. The summed E-state index contributed by atoms with van der Waals surface area (Å²) < 4.78 is 5.04. The number of benzene rings is 1. The lowest BCUT2D eigenvalue weighted by atomic mass is 10.2. The number of rotatable bonds is 6. The van der Waals surface area contributed by atoms with E-state index >= 15 is 0 Å². The third kappa shape index (κ3) is 4.35. The van der Waals surface area contributed by atoms with Gasteiger partial charge in [-0.1, -0.05) is 12.1 Å². The predicted octanol–water partition coefficient (Wildman–Crippen LogP) is 0.932. The van der Waals surface area contributed by atoms with Crippen molar-refractivity contribution in [1.82, 2.24) is 10.2 Å². The molecule has 0 aliphatic carbocycles. The number of hydrogen-bond acceptors (Lipinski definition) is 6. The molecule has 2 rings (SSSR count). The van der Waals surface area contributed by atoms with Gasteiger partial charge in [0.2, 0.25) is 5.91 Å². The Morgan fingerprint density at radius 3 is 2.54 bits per heavy atom. The zero-order valence-corrected chi connectivity index (χ0v) is 13.5. The Morgan fingerprint density at radius 1 is 1.29 bits per heavy atom. The lowest BCUT2D eigenvalue weighted by Crippen LogP contribution is -2.41. The summed E-state index contributed by atoms with van der Waals surface area (Å²) in [5.74, 6) is -1.86. The molecule has 1 aromatic rings. The van der Waals surface area contributed by atoms with Gasteiger partial charge in [0, 0.05) is 0 Å². The Kier molecular flexibility index (Phi) is 5.59. The van der Waals surface area contributed by atoms with Crippen LogP contribution >= 0.6 is 11.8 Å². The normalized spacial score (nSPS) is 15.7. The Labute approximate surface area is 141 Å². The van der Waals surface area contributed by atoms with E-state index in [1.165, 1.54) is 7.11 Å². The Bertz CT molecular complexity index is 713. The number of nitrogens with zero attached hydrogens (tertiary/aromatic N) is 1. The number of carboxylic acid groups (broad SMARTS) is 1. The molecule has 3 amide bonds. The molecule has 24 heavy (non-hydrogen) atoms. The number of thioether (sulfide) groups is 1. The van der Waals surface area contributed by atoms with E-state index in [0.717, 1.165) is 16.7 Å². The third-order valence-electron chi connectivity index (χ3n) is 3.03.